The van der Waals surface area contributed by atoms with Gasteiger partial charge in [0.15, 0.2) is 6.10 Å². The molecule has 0 aromatic heterocycles. The van der Waals surface area contributed by atoms with Crippen molar-refractivity contribution in [3.8, 4) is 0 Å². The summed E-state index contributed by atoms with van der Waals surface area (Å²) in [5, 5.41) is 0. The second-order valence-electron chi connectivity index (χ2n) is 19.2. The molecule has 0 heterocycles. The molecule has 0 fully saturated rings. The predicted octanol–water partition coefficient (Wildman–Crippen LogP) is 19.2. The molecule has 0 aliphatic carbocycles. The van der Waals surface area contributed by atoms with Gasteiger partial charge in [-0.2, -0.15) is 0 Å². The van der Waals surface area contributed by atoms with Crippen molar-refractivity contribution in [2.75, 3.05) is 13.2 Å². The summed E-state index contributed by atoms with van der Waals surface area (Å²) >= 11 is 0. The molecule has 1 atom stereocenters. The topological polar surface area (TPSA) is 78.9 Å². The van der Waals surface area contributed by atoms with Gasteiger partial charge in [-0.3, -0.25) is 14.4 Å². The smallest absolute Gasteiger partial charge is 0.306 e. The first-order valence-corrected chi connectivity index (χ1v) is 28.8. The van der Waals surface area contributed by atoms with E-state index >= 15 is 0 Å². The van der Waals surface area contributed by atoms with E-state index in [-0.39, 0.29) is 31.1 Å². The highest BCUT2D eigenvalue weighted by molar-refractivity contribution is 5.71. The minimum absolute atomic E-state index is 0.0860. The molecule has 67 heavy (non-hydrogen) atoms. The van der Waals surface area contributed by atoms with Gasteiger partial charge in [-0.1, -0.05) is 223 Å². The van der Waals surface area contributed by atoms with Crippen LogP contribution in [0.2, 0.25) is 0 Å². The normalized spacial score (nSPS) is 12.5. The van der Waals surface area contributed by atoms with Crippen molar-refractivity contribution < 1.29 is 28.6 Å². The molecule has 0 saturated heterocycles. The fraction of sp³-hybridized carbons (Fsp3) is 0.787. The van der Waals surface area contributed by atoms with Crippen LogP contribution in [-0.2, 0) is 28.6 Å². The third kappa shape index (κ3) is 53.9. The zero-order valence-electron chi connectivity index (χ0n) is 44.4. The van der Waals surface area contributed by atoms with E-state index in [9.17, 15) is 14.4 Å². The first-order chi connectivity index (χ1) is 33.0. The largest absolute Gasteiger partial charge is 0.462 e. The van der Waals surface area contributed by atoms with Gasteiger partial charge in [0.2, 0.25) is 0 Å². The maximum absolute atomic E-state index is 12.8. The molecular formula is C61H108O6. The maximum atomic E-state index is 12.8. The van der Waals surface area contributed by atoms with Gasteiger partial charge in [0, 0.05) is 19.3 Å². The van der Waals surface area contributed by atoms with Crippen molar-refractivity contribution in [1.29, 1.82) is 0 Å². The third-order valence-electron chi connectivity index (χ3n) is 12.5. The number of allylic oxidation sites excluding steroid dienone is 10. The molecule has 0 aromatic carbocycles. The van der Waals surface area contributed by atoms with E-state index in [0.717, 1.165) is 83.5 Å². The summed E-state index contributed by atoms with van der Waals surface area (Å²) < 4.78 is 16.9. The lowest BCUT2D eigenvalue weighted by molar-refractivity contribution is -0.167. The second kappa shape index (κ2) is 55.7. The number of hydrogen-bond donors (Lipinski definition) is 0. The van der Waals surface area contributed by atoms with Gasteiger partial charge in [-0.05, 0) is 109 Å². The highest BCUT2D eigenvalue weighted by Crippen LogP contribution is 2.15. The van der Waals surface area contributed by atoms with E-state index in [0.29, 0.717) is 19.3 Å². The SMILES string of the molecule is CCCCC/C=C\C/C=C\C/C=C\CCCCCCC(=O)O[C@@H](COC(=O)CCCCCCCCC/C=C\CCCCCC)COC(=O)CCCCCCCCC/C=C\CCCCCCCC. The van der Waals surface area contributed by atoms with Gasteiger partial charge in [0.05, 0.1) is 0 Å². The van der Waals surface area contributed by atoms with Crippen molar-refractivity contribution in [2.24, 2.45) is 0 Å². The Morgan fingerprint density at radius 1 is 0.299 bits per heavy atom. The first kappa shape index (κ1) is 64.1. The van der Waals surface area contributed by atoms with Crippen LogP contribution in [0.15, 0.2) is 60.8 Å². The Hall–Kier alpha value is -2.89. The number of esters is 3. The average Bonchev–Trinajstić information content (AvgIpc) is 3.33. The highest BCUT2D eigenvalue weighted by Gasteiger charge is 2.19. The summed E-state index contributed by atoms with van der Waals surface area (Å²) in [6.45, 7) is 6.59. The van der Waals surface area contributed by atoms with Crippen LogP contribution < -0.4 is 0 Å². The van der Waals surface area contributed by atoms with Crippen molar-refractivity contribution in [3.63, 3.8) is 0 Å². The summed E-state index contributed by atoms with van der Waals surface area (Å²) in [5.41, 5.74) is 0. The molecule has 0 bridgehead atoms. The quantitative estimate of drug-likeness (QED) is 0.0262. The monoisotopic (exact) mass is 937 g/mol. The van der Waals surface area contributed by atoms with Crippen LogP contribution in [0.5, 0.6) is 0 Å². The molecule has 0 N–H and O–H groups in total. The molecule has 6 nitrogen and oxygen atoms in total. The number of rotatable bonds is 52. The fourth-order valence-corrected chi connectivity index (χ4v) is 8.09. The van der Waals surface area contributed by atoms with Crippen LogP contribution in [-0.4, -0.2) is 37.2 Å². The third-order valence-corrected chi connectivity index (χ3v) is 12.5. The minimum Gasteiger partial charge on any atom is -0.462 e. The zero-order valence-corrected chi connectivity index (χ0v) is 44.4. The van der Waals surface area contributed by atoms with Gasteiger partial charge in [-0.15, -0.1) is 0 Å². The number of hydrogen-bond acceptors (Lipinski definition) is 6. The van der Waals surface area contributed by atoms with Crippen molar-refractivity contribution >= 4 is 17.9 Å². The van der Waals surface area contributed by atoms with Crippen LogP contribution in [0.4, 0.5) is 0 Å². The molecule has 0 amide bonds. The Kier molecular flexibility index (Phi) is 53.3. The van der Waals surface area contributed by atoms with Gasteiger partial charge in [0.1, 0.15) is 13.2 Å². The van der Waals surface area contributed by atoms with Crippen LogP contribution in [0.1, 0.15) is 290 Å². The molecule has 0 rings (SSSR count). The fourth-order valence-electron chi connectivity index (χ4n) is 8.09. The molecule has 0 aliphatic rings. The summed E-state index contributed by atoms with van der Waals surface area (Å²) in [7, 11) is 0. The summed E-state index contributed by atoms with van der Waals surface area (Å²) in [4.78, 5) is 38.1. The minimum atomic E-state index is -0.789. The Labute approximate surface area is 415 Å². The standard InChI is InChI=1S/C61H108O6/c1-4-7-10-13-16-19-22-25-28-30-33-36-39-42-45-48-51-54-60(63)66-57-58(56-65-59(62)53-50-47-44-41-38-35-32-27-24-21-18-15-12-9-6-3)67-61(64)55-52-49-46-43-40-37-34-31-29-26-23-20-17-14-11-8-5-2/h17,20-21,24-26,28-29,34,37,58H,4-16,18-19,22-23,27,30-33,35-36,38-57H2,1-3H3/b20-17-,24-21-,28-25-,29-26-,37-34-/t58-/m0/s1. The maximum Gasteiger partial charge on any atom is 0.306 e. The molecule has 0 aliphatic heterocycles. The molecular weight excluding hydrogens is 829 g/mol. The molecule has 6 heteroatoms. The highest BCUT2D eigenvalue weighted by atomic mass is 16.6. The van der Waals surface area contributed by atoms with Crippen molar-refractivity contribution in [3.05, 3.63) is 60.8 Å². The lowest BCUT2D eigenvalue weighted by Crippen LogP contribution is -2.30. The van der Waals surface area contributed by atoms with E-state index in [4.69, 9.17) is 14.2 Å². The molecule has 0 spiro atoms. The van der Waals surface area contributed by atoms with E-state index < -0.39 is 6.10 Å². The Morgan fingerprint density at radius 2 is 0.537 bits per heavy atom. The molecule has 0 saturated carbocycles. The molecule has 388 valence electrons. The lowest BCUT2D eigenvalue weighted by atomic mass is 10.1. The summed E-state index contributed by atoms with van der Waals surface area (Å²) in [6, 6.07) is 0. The number of carbonyl (C=O) groups is 3. The van der Waals surface area contributed by atoms with E-state index in [1.54, 1.807) is 0 Å². The Bertz CT molecular complexity index is 1210. The molecule has 0 unspecified atom stereocenters. The van der Waals surface area contributed by atoms with Gasteiger partial charge < -0.3 is 14.2 Å². The van der Waals surface area contributed by atoms with Gasteiger partial charge in [-0.25, -0.2) is 0 Å². The Balaban J connectivity index is 4.42. The Morgan fingerprint density at radius 3 is 0.896 bits per heavy atom. The van der Waals surface area contributed by atoms with E-state index in [1.165, 1.54) is 167 Å². The summed E-state index contributed by atoms with van der Waals surface area (Å²) in [6.07, 6.45) is 69.1. The number of carbonyl (C=O) groups excluding carboxylic acids is 3. The summed E-state index contributed by atoms with van der Waals surface area (Å²) in [5.74, 6) is -0.906. The molecule has 0 radical (unpaired) electrons. The van der Waals surface area contributed by atoms with Gasteiger partial charge in [0.25, 0.3) is 0 Å². The predicted molar refractivity (Wildman–Crippen MR) is 288 cm³/mol. The van der Waals surface area contributed by atoms with E-state index in [2.05, 4.69) is 81.5 Å². The first-order valence-electron chi connectivity index (χ1n) is 28.8. The van der Waals surface area contributed by atoms with Crippen molar-refractivity contribution in [1.82, 2.24) is 0 Å². The zero-order chi connectivity index (χ0) is 48.6. The van der Waals surface area contributed by atoms with Crippen molar-refractivity contribution in [2.45, 2.75) is 297 Å². The molecule has 0 aromatic rings. The van der Waals surface area contributed by atoms with Gasteiger partial charge >= 0.3 is 17.9 Å². The number of unbranched alkanes of at least 4 members (excludes halogenated alkanes) is 31. The van der Waals surface area contributed by atoms with Crippen LogP contribution in [0.25, 0.3) is 0 Å². The second-order valence-corrected chi connectivity index (χ2v) is 19.2. The number of ether oxygens (including phenoxy) is 3. The van der Waals surface area contributed by atoms with Crippen LogP contribution in [0.3, 0.4) is 0 Å². The van der Waals surface area contributed by atoms with Crippen LogP contribution >= 0.6 is 0 Å². The van der Waals surface area contributed by atoms with Crippen LogP contribution in [0, 0.1) is 0 Å². The lowest BCUT2D eigenvalue weighted by Gasteiger charge is -2.18. The average molecular weight is 938 g/mol. The van der Waals surface area contributed by atoms with E-state index in [1.807, 2.05) is 0 Å².